The normalized spacial score (nSPS) is 23.0. The van der Waals surface area contributed by atoms with E-state index >= 15 is 0 Å². The van der Waals surface area contributed by atoms with Crippen LogP contribution in [0, 0.1) is 0 Å². The summed E-state index contributed by atoms with van der Waals surface area (Å²) in [5.41, 5.74) is 0.0611. The fourth-order valence-electron chi connectivity index (χ4n) is 3.38. The minimum atomic E-state index is -3.64. The lowest BCUT2D eigenvalue weighted by Crippen LogP contribution is -2.59. The molecule has 1 aliphatic carbocycles. The standard InChI is InChI=1S/C19H23BrN4O5S/c1-19(10-28-11-19)24-30(26,27)13-7-5-12(6-8-13)22-18-21-9-14(20)17(23-18)29-16-4-2-3-15(16)25/h5-9,15-16,24-25H,2-4,10-11H2,1H3,(H,21,22,23)/t15-,16+/m1/s1. The van der Waals surface area contributed by atoms with E-state index in [1.807, 2.05) is 0 Å². The predicted molar refractivity (Wildman–Crippen MR) is 113 cm³/mol. The van der Waals surface area contributed by atoms with Gasteiger partial charge in [0.15, 0.2) is 0 Å². The van der Waals surface area contributed by atoms with E-state index in [1.54, 1.807) is 25.3 Å². The molecule has 11 heteroatoms. The Labute approximate surface area is 183 Å². The van der Waals surface area contributed by atoms with Gasteiger partial charge in [0.05, 0.1) is 40.4 Å². The summed E-state index contributed by atoms with van der Waals surface area (Å²) in [6.07, 6.45) is 3.18. The fourth-order valence-corrected chi connectivity index (χ4v) is 5.04. The van der Waals surface area contributed by atoms with Crippen LogP contribution >= 0.6 is 15.9 Å². The van der Waals surface area contributed by atoms with Crippen molar-refractivity contribution in [1.82, 2.24) is 14.7 Å². The highest BCUT2D eigenvalue weighted by Crippen LogP contribution is 2.29. The van der Waals surface area contributed by atoms with Gasteiger partial charge in [-0.25, -0.2) is 18.1 Å². The number of anilines is 2. The molecule has 1 saturated carbocycles. The second-order valence-electron chi connectivity index (χ2n) is 7.81. The van der Waals surface area contributed by atoms with Crippen LogP contribution in [0.5, 0.6) is 5.88 Å². The Morgan fingerprint density at radius 1 is 1.27 bits per heavy atom. The van der Waals surface area contributed by atoms with Crippen LogP contribution in [0.15, 0.2) is 39.8 Å². The monoisotopic (exact) mass is 498 g/mol. The topological polar surface area (TPSA) is 123 Å². The van der Waals surface area contributed by atoms with Gasteiger partial charge in [0.1, 0.15) is 6.10 Å². The van der Waals surface area contributed by atoms with Gasteiger partial charge in [0.2, 0.25) is 21.9 Å². The zero-order valence-corrected chi connectivity index (χ0v) is 18.7. The SMILES string of the molecule is CC1(NS(=O)(=O)c2ccc(Nc3ncc(Br)c(O[C@H]4CCC[C@H]4O)n3)cc2)COC1. The minimum Gasteiger partial charge on any atom is -0.471 e. The molecule has 9 nitrogen and oxygen atoms in total. The van der Waals surface area contributed by atoms with Gasteiger partial charge in [-0.2, -0.15) is 4.98 Å². The number of benzene rings is 1. The fraction of sp³-hybridized carbons (Fsp3) is 0.474. The molecule has 2 aromatic rings. The third kappa shape index (κ3) is 4.75. The third-order valence-corrected chi connectivity index (χ3v) is 7.23. The molecule has 30 heavy (non-hydrogen) atoms. The Bertz CT molecular complexity index is 1010. The number of ether oxygens (including phenoxy) is 2. The smallest absolute Gasteiger partial charge is 0.241 e. The molecule has 2 aliphatic rings. The van der Waals surface area contributed by atoms with Crippen LogP contribution in [0.4, 0.5) is 11.6 Å². The lowest BCUT2D eigenvalue weighted by molar-refractivity contribution is -0.0523. The Morgan fingerprint density at radius 2 is 2.00 bits per heavy atom. The lowest BCUT2D eigenvalue weighted by Gasteiger charge is -2.38. The van der Waals surface area contributed by atoms with E-state index in [-0.39, 0.29) is 11.0 Å². The first kappa shape index (κ1) is 21.4. The van der Waals surface area contributed by atoms with Crippen molar-refractivity contribution in [2.75, 3.05) is 18.5 Å². The van der Waals surface area contributed by atoms with E-state index in [4.69, 9.17) is 9.47 Å². The van der Waals surface area contributed by atoms with E-state index in [2.05, 4.69) is 35.9 Å². The van der Waals surface area contributed by atoms with Crippen molar-refractivity contribution < 1.29 is 23.0 Å². The summed E-state index contributed by atoms with van der Waals surface area (Å²) in [4.78, 5) is 8.73. The van der Waals surface area contributed by atoms with Crippen LogP contribution in [0.2, 0.25) is 0 Å². The van der Waals surface area contributed by atoms with Gasteiger partial charge in [-0.15, -0.1) is 0 Å². The molecule has 4 rings (SSSR count). The highest BCUT2D eigenvalue weighted by Gasteiger charge is 2.37. The van der Waals surface area contributed by atoms with Crippen LogP contribution < -0.4 is 14.8 Å². The summed E-state index contributed by atoms with van der Waals surface area (Å²) in [7, 11) is -3.64. The molecular weight excluding hydrogens is 476 g/mol. The molecule has 0 radical (unpaired) electrons. The number of aliphatic hydroxyl groups excluding tert-OH is 1. The summed E-state index contributed by atoms with van der Waals surface area (Å²) in [6.45, 7) is 2.52. The summed E-state index contributed by atoms with van der Waals surface area (Å²) < 4.78 is 39.2. The molecule has 0 amide bonds. The van der Waals surface area contributed by atoms with Gasteiger partial charge >= 0.3 is 0 Å². The van der Waals surface area contributed by atoms with Crippen molar-refractivity contribution in [3.8, 4) is 5.88 Å². The molecule has 1 aromatic heterocycles. The number of halogens is 1. The van der Waals surface area contributed by atoms with Crippen molar-refractivity contribution in [2.45, 2.75) is 48.8 Å². The van der Waals surface area contributed by atoms with Gasteiger partial charge < -0.3 is 19.9 Å². The number of hydrogen-bond acceptors (Lipinski definition) is 8. The molecule has 2 atom stereocenters. The molecular formula is C19H23BrN4O5S. The van der Waals surface area contributed by atoms with E-state index < -0.39 is 21.7 Å². The molecule has 2 heterocycles. The highest BCUT2D eigenvalue weighted by molar-refractivity contribution is 9.10. The Balaban J connectivity index is 1.45. The molecule has 3 N–H and O–H groups in total. The maximum Gasteiger partial charge on any atom is 0.241 e. The minimum absolute atomic E-state index is 0.164. The molecule has 0 bridgehead atoms. The van der Waals surface area contributed by atoms with Gasteiger partial charge in [0, 0.05) is 5.69 Å². The predicted octanol–water partition coefficient (Wildman–Crippen LogP) is 2.34. The van der Waals surface area contributed by atoms with E-state index in [0.29, 0.717) is 35.2 Å². The van der Waals surface area contributed by atoms with Gasteiger partial charge in [-0.3, -0.25) is 0 Å². The van der Waals surface area contributed by atoms with E-state index in [1.165, 1.54) is 12.1 Å². The van der Waals surface area contributed by atoms with Crippen LogP contribution in [0.3, 0.4) is 0 Å². The third-order valence-electron chi connectivity index (χ3n) is 5.04. The zero-order valence-electron chi connectivity index (χ0n) is 16.3. The van der Waals surface area contributed by atoms with Crippen molar-refractivity contribution in [1.29, 1.82) is 0 Å². The Hall–Kier alpha value is -1.79. The summed E-state index contributed by atoms with van der Waals surface area (Å²) in [5.74, 6) is 0.645. The van der Waals surface area contributed by atoms with Crippen LogP contribution in [-0.4, -0.2) is 54.5 Å². The van der Waals surface area contributed by atoms with Crippen LogP contribution in [0.25, 0.3) is 0 Å². The molecule has 1 aromatic carbocycles. The quantitative estimate of drug-likeness (QED) is 0.531. The van der Waals surface area contributed by atoms with Gasteiger partial charge in [-0.05, 0) is 66.4 Å². The van der Waals surface area contributed by atoms with E-state index in [0.717, 1.165) is 19.3 Å². The summed E-state index contributed by atoms with van der Waals surface area (Å²) in [6, 6.07) is 6.30. The second-order valence-corrected chi connectivity index (χ2v) is 10.3. The Morgan fingerprint density at radius 3 is 2.60 bits per heavy atom. The van der Waals surface area contributed by atoms with Crippen molar-refractivity contribution in [3.63, 3.8) is 0 Å². The first-order chi connectivity index (χ1) is 14.2. The molecule has 0 unspecified atom stereocenters. The molecule has 162 valence electrons. The number of nitrogens with one attached hydrogen (secondary N) is 2. The number of nitrogens with zero attached hydrogens (tertiary/aromatic N) is 2. The average Bonchev–Trinajstić information content (AvgIpc) is 3.08. The van der Waals surface area contributed by atoms with Crippen LogP contribution in [0.1, 0.15) is 26.2 Å². The maximum atomic E-state index is 12.5. The number of rotatable bonds is 7. The maximum absolute atomic E-state index is 12.5. The first-order valence-corrected chi connectivity index (χ1v) is 11.9. The molecule has 1 saturated heterocycles. The number of aliphatic hydroxyl groups is 1. The highest BCUT2D eigenvalue weighted by atomic mass is 79.9. The van der Waals surface area contributed by atoms with Gasteiger partial charge in [-0.1, -0.05) is 0 Å². The number of aromatic nitrogens is 2. The van der Waals surface area contributed by atoms with Crippen molar-refractivity contribution in [2.24, 2.45) is 0 Å². The van der Waals surface area contributed by atoms with Gasteiger partial charge in [0.25, 0.3) is 0 Å². The second kappa shape index (κ2) is 8.39. The van der Waals surface area contributed by atoms with Crippen molar-refractivity contribution in [3.05, 3.63) is 34.9 Å². The molecule has 0 spiro atoms. The van der Waals surface area contributed by atoms with E-state index in [9.17, 15) is 13.5 Å². The Kier molecular flexibility index (Phi) is 5.99. The lowest BCUT2D eigenvalue weighted by atomic mass is 10.0. The average molecular weight is 499 g/mol. The zero-order chi connectivity index (χ0) is 21.4. The largest absolute Gasteiger partial charge is 0.471 e. The van der Waals surface area contributed by atoms with Crippen molar-refractivity contribution >= 4 is 37.6 Å². The molecule has 2 fully saturated rings. The number of sulfonamides is 1. The number of hydrogen-bond donors (Lipinski definition) is 3. The molecule has 1 aliphatic heterocycles. The summed E-state index contributed by atoms with van der Waals surface area (Å²) in [5, 5.41) is 13.0. The van der Waals surface area contributed by atoms with Crippen LogP contribution in [-0.2, 0) is 14.8 Å². The first-order valence-electron chi connectivity index (χ1n) is 9.60. The summed E-state index contributed by atoms with van der Waals surface area (Å²) >= 11 is 3.37.